The number of nitrogens with one attached hydrogen (secondary N) is 1. The van der Waals surface area contributed by atoms with Gasteiger partial charge in [-0.05, 0) is 41.4 Å². The minimum atomic E-state index is 0.607. The molecule has 0 saturated carbocycles. The van der Waals surface area contributed by atoms with Gasteiger partial charge in [0.15, 0.2) is 0 Å². The summed E-state index contributed by atoms with van der Waals surface area (Å²) in [4.78, 5) is 9.93. The fourth-order valence-electron chi connectivity index (χ4n) is 1.51. The van der Waals surface area contributed by atoms with Crippen LogP contribution in [0, 0.1) is 6.92 Å². The first-order valence-electron chi connectivity index (χ1n) is 6.14. The molecule has 0 radical (unpaired) electrons. The van der Waals surface area contributed by atoms with Crippen molar-refractivity contribution in [2.24, 2.45) is 0 Å². The molecule has 2 aromatic rings. The van der Waals surface area contributed by atoms with Gasteiger partial charge in [0.25, 0.3) is 0 Å². The van der Waals surface area contributed by atoms with Crippen LogP contribution >= 0.6 is 27.3 Å². The van der Waals surface area contributed by atoms with E-state index >= 15 is 0 Å². The van der Waals surface area contributed by atoms with Crippen LogP contribution in [0.15, 0.2) is 22.0 Å². The van der Waals surface area contributed by atoms with E-state index in [1.165, 1.54) is 4.88 Å². The zero-order chi connectivity index (χ0) is 13.7. The third kappa shape index (κ3) is 4.47. The van der Waals surface area contributed by atoms with E-state index in [-0.39, 0.29) is 0 Å². The molecule has 6 heteroatoms. The molecular weight excluding hydrogens is 326 g/mol. The van der Waals surface area contributed by atoms with Crippen molar-refractivity contribution in [3.8, 4) is 5.88 Å². The second kappa shape index (κ2) is 6.86. The maximum atomic E-state index is 5.54. The lowest BCUT2D eigenvalue weighted by Crippen LogP contribution is -2.06. The van der Waals surface area contributed by atoms with Crippen LogP contribution < -0.4 is 10.1 Å². The molecule has 0 bridgehead atoms. The Bertz CT molecular complexity index is 544. The van der Waals surface area contributed by atoms with Crippen LogP contribution in [-0.2, 0) is 6.54 Å². The van der Waals surface area contributed by atoms with E-state index in [1.807, 2.05) is 19.1 Å². The van der Waals surface area contributed by atoms with Gasteiger partial charge in [-0.3, -0.25) is 0 Å². The molecule has 0 saturated heterocycles. The molecule has 4 nitrogen and oxygen atoms in total. The Morgan fingerprint density at radius 1 is 1.37 bits per heavy atom. The van der Waals surface area contributed by atoms with Gasteiger partial charge in [0.2, 0.25) is 11.8 Å². The lowest BCUT2D eigenvalue weighted by Gasteiger charge is -2.08. The fourth-order valence-corrected chi connectivity index (χ4v) is 2.94. The van der Waals surface area contributed by atoms with Gasteiger partial charge in [0.05, 0.1) is 16.9 Å². The zero-order valence-electron chi connectivity index (χ0n) is 10.9. The van der Waals surface area contributed by atoms with Crippen molar-refractivity contribution in [1.82, 2.24) is 9.97 Å². The van der Waals surface area contributed by atoms with Crippen molar-refractivity contribution in [3.63, 3.8) is 0 Å². The van der Waals surface area contributed by atoms with E-state index in [0.29, 0.717) is 25.0 Å². The van der Waals surface area contributed by atoms with E-state index < -0.39 is 0 Å². The molecule has 0 fully saturated rings. The SMILES string of the molecule is CCCOc1cc(C)nc(NCc2ccc(Br)s2)n1. The predicted molar refractivity (Wildman–Crippen MR) is 81.9 cm³/mol. The Balaban J connectivity index is 2.01. The number of halogens is 1. The average Bonchev–Trinajstić information content (AvgIpc) is 2.79. The number of aryl methyl sites for hydroxylation is 1. The highest BCUT2D eigenvalue weighted by Gasteiger charge is 2.04. The molecule has 2 aromatic heterocycles. The first-order valence-corrected chi connectivity index (χ1v) is 7.75. The minimum absolute atomic E-state index is 0.607. The summed E-state index contributed by atoms with van der Waals surface area (Å²) in [5.41, 5.74) is 0.899. The molecule has 1 N–H and O–H groups in total. The maximum Gasteiger partial charge on any atom is 0.226 e. The summed E-state index contributed by atoms with van der Waals surface area (Å²) in [6.07, 6.45) is 0.967. The topological polar surface area (TPSA) is 47.0 Å². The number of anilines is 1. The summed E-state index contributed by atoms with van der Waals surface area (Å²) in [5.74, 6) is 1.24. The van der Waals surface area contributed by atoms with Crippen molar-refractivity contribution in [2.75, 3.05) is 11.9 Å². The first-order chi connectivity index (χ1) is 9.17. The second-order valence-corrected chi connectivity index (χ2v) is 6.63. The van der Waals surface area contributed by atoms with Gasteiger partial charge in [-0.25, -0.2) is 4.98 Å². The van der Waals surface area contributed by atoms with Crippen LogP contribution in [0.5, 0.6) is 5.88 Å². The normalized spacial score (nSPS) is 10.5. The Kier molecular flexibility index (Phi) is 5.15. The maximum absolute atomic E-state index is 5.54. The standard InChI is InChI=1S/C13H16BrN3OS/c1-3-6-18-12-7-9(2)16-13(17-12)15-8-10-4-5-11(14)19-10/h4-5,7H,3,6,8H2,1-2H3,(H,15,16,17). The summed E-state index contributed by atoms with van der Waals surface area (Å²) in [7, 11) is 0. The number of rotatable bonds is 6. The fraction of sp³-hybridized carbons (Fsp3) is 0.385. The van der Waals surface area contributed by atoms with Gasteiger partial charge in [-0.2, -0.15) is 4.98 Å². The quantitative estimate of drug-likeness (QED) is 0.862. The average molecular weight is 342 g/mol. The van der Waals surface area contributed by atoms with Crippen LogP contribution in [0.3, 0.4) is 0 Å². The van der Waals surface area contributed by atoms with Crippen molar-refractivity contribution in [3.05, 3.63) is 32.6 Å². The van der Waals surface area contributed by atoms with Crippen LogP contribution in [0.1, 0.15) is 23.9 Å². The summed E-state index contributed by atoms with van der Waals surface area (Å²) >= 11 is 5.15. The van der Waals surface area contributed by atoms with Crippen molar-refractivity contribution in [1.29, 1.82) is 0 Å². The number of thiophene rings is 1. The molecule has 0 aliphatic carbocycles. The molecule has 0 unspecified atom stereocenters. The Morgan fingerprint density at radius 3 is 2.89 bits per heavy atom. The van der Waals surface area contributed by atoms with Gasteiger partial charge >= 0.3 is 0 Å². The molecule has 2 heterocycles. The van der Waals surface area contributed by atoms with E-state index in [1.54, 1.807) is 11.3 Å². The Morgan fingerprint density at radius 2 is 2.21 bits per heavy atom. The van der Waals surface area contributed by atoms with Crippen molar-refractivity contribution < 1.29 is 4.74 Å². The lowest BCUT2D eigenvalue weighted by atomic mass is 10.4. The van der Waals surface area contributed by atoms with Gasteiger partial charge < -0.3 is 10.1 Å². The van der Waals surface area contributed by atoms with E-state index in [2.05, 4.69) is 44.2 Å². The Labute approximate surface area is 125 Å². The molecular formula is C13H16BrN3OS. The molecule has 0 aliphatic heterocycles. The summed E-state index contributed by atoms with van der Waals surface area (Å²) in [6.45, 7) is 5.40. The van der Waals surface area contributed by atoms with E-state index in [4.69, 9.17) is 4.74 Å². The third-order valence-corrected chi connectivity index (χ3v) is 3.96. The summed E-state index contributed by atoms with van der Waals surface area (Å²) in [5, 5.41) is 3.22. The number of nitrogens with zero attached hydrogens (tertiary/aromatic N) is 2. The van der Waals surface area contributed by atoms with Crippen LogP contribution in [0.4, 0.5) is 5.95 Å². The zero-order valence-corrected chi connectivity index (χ0v) is 13.3. The van der Waals surface area contributed by atoms with Crippen LogP contribution in [-0.4, -0.2) is 16.6 Å². The van der Waals surface area contributed by atoms with Gasteiger partial charge in [0.1, 0.15) is 0 Å². The van der Waals surface area contributed by atoms with Crippen LogP contribution in [0.2, 0.25) is 0 Å². The van der Waals surface area contributed by atoms with Gasteiger partial charge in [0, 0.05) is 16.6 Å². The largest absolute Gasteiger partial charge is 0.478 e. The summed E-state index contributed by atoms with van der Waals surface area (Å²) in [6, 6.07) is 5.96. The molecule has 102 valence electrons. The molecule has 0 atom stereocenters. The molecule has 0 aliphatic rings. The minimum Gasteiger partial charge on any atom is -0.478 e. The molecule has 0 aromatic carbocycles. The molecule has 19 heavy (non-hydrogen) atoms. The molecule has 0 spiro atoms. The van der Waals surface area contributed by atoms with Gasteiger partial charge in [-0.1, -0.05) is 6.92 Å². The summed E-state index contributed by atoms with van der Waals surface area (Å²) < 4.78 is 6.66. The smallest absolute Gasteiger partial charge is 0.226 e. The second-order valence-electron chi connectivity index (χ2n) is 4.08. The van der Waals surface area contributed by atoms with E-state index in [0.717, 1.165) is 15.9 Å². The number of ether oxygens (including phenoxy) is 1. The highest BCUT2D eigenvalue weighted by atomic mass is 79.9. The first kappa shape index (κ1) is 14.3. The van der Waals surface area contributed by atoms with Crippen molar-refractivity contribution >= 4 is 33.2 Å². The Hall–Kier alpha value is -1.14. The number of hydrogen-bond acceptors (Lipinski definition) is 5. The number of aromatic nitrogens is 2. The molecule has 2 rings (SSSR count). The van der Waals surface area contributed by atoms with Gasteiger partial charge in [-0.15, -0.1) is 11.3 Å². The highest BCUT2D eigenvalue weighted by molar-refractivity contribution is 9.11. The number of hydrogen-bond donors (Lipinski definition) is 1. The highest BCUT2D eigenvalue weighted by Crippen LogP contribution is 2.22. The van der Waals surface area contributed by atoms with Crippen LogP contribution in [0.25, 0.3) is 0 Å². The van der Waals surface area contributed by atoms with Crippen molar-refractivity contribution in [2.45, 2.75) is 26.8 Å². The van der Waals surface area contributed by atoms with E-state index in [9.17, 15) is 0 Å². The molecule has 0 amide bonds. The third-order valence-electron chi connectivity index (χ3n) is 2.33. The monoisotopic (exact) mass is 341 g/mol. The predicted octanol–water partition coefficient (Wildman–Crippen LogP) is 4.01. The lowest BCUT2D eigenvalue weighted by molar-refractivity contribution is 0.305.